The normalized spacial score (nSPS) is 24.0. The van der Waals surface area contributed by atoms with E-state index in [1.54, 1.807) is 14.2 Å². The van der Waals surface area contributed by atoms with Gasteiger partial charge in [-0.1, -0.05) is 110 Å². The monoisotopic (exact) mass is 622 g/mol. The van der Waals surface area contributed by atoms with Crippen LogP contribution < -0.4 is 14.2 Å². The summed E-state index contributed by atoms with van der Waals surface area (Å²) < 4.78 is 18.8. The molecule has 6 rings (SSSR count). The summed E-state index contributed by atoms with van der Waals surface area (Å²) in [5.74, 6) is 3.81. The van der Waals surface area contributed by atoms with Crippen molar-refractivity contribution in [3.63, 3.8) is 0 Å². The lowest BCUT2D eigenvalue weighted by Gasteiger charge is -2.36. The molecule has 0 N–H and O–H groups in total. The Morgan fingerprint density at radius 1 is 0.596 bits per heavy atom. The summed E-state index contributed by atoms with van der Waals surface area (Å²) in [7, 11) is 3.46. The van der Waals surface area contributed by atoms with Crippen LogP contribution >= 0.6 is 0 Å². The van der Waals surface area contributed by atoms with E-state index in [1.165, 1.54) is 11.1 Å². The minimum Gasteiger partial charge on any atom is -0.497 e. The highest BCUT2D eigenvalue weighted by molar-refractivity contribution is 5.60. The molecule has 4 aromatic rings. The average Bonchev–Trinajstić information content (AvgIpc) is 3.76. The van der Waals surface area contributed by atoms with Crippen molar-refractivity contribution in [3.8, 4) is 23.0 Å². The molecule has 3 nitrogen and oxygen atoms in total. The topological polar surface area (TPSA) is 27.7 Å². The number of hydrogen-bond acceptors (Lipinski definition) is 3. The van der Waals surface area contributed by atoms with E-state index in [-0.39, 0.29) is 22.7 Å². The second-order valence-electron chi connectivity index (χ2n) is 12.9. The van der Waals surface area contributed by atoms with Crippen LogP contribution in [0.3, 0.4) is 0 Å². The molecule has 0 radical (unpaired) electrons. The van der Waals surface area contributed by atoms with Crippen LogP contribution in [0.5, 0.6) is 23.0 Å². The number of rotatable bonds is 12. The van der Waals surface area contributed by atoms with Gasteiger partial charge in [-0.3, -0.25) is 0 Å². The van der Waals surface area contributed by atoms with Gasteiger partial charge in [-0.05, 0) is 85.0 Å². The summed E-state index contributed by atoms with van der Waals surface area (Å²) in [4.78, 5) is 0. The predicted molar refractivity (Wildman–Crippen MR) is 195 cm³/mol. The van der Waals surface area contributed by atoms with Crippen molar-refractivity contribution in [2.24, 2.45) is 11.8 Å². The number of methoxy groups -OCH3 is 2. The van der Waals surface area contributed by atoms with Gasteiger partial charge >= 0.3 is 0 Å². The van der Waals surface area contributed by atoms with Crippen molar-refractivity contribution in [1.29, 1.82) is 0 Å². The van der Waals surface area contributed by atoms with E-state index in [2.05, 4.69) is 135 Å². The van der Waals surface area contributed by atoms with Gasteiger partial charge in [-0.25, -0.2) is 0 Å². The molecule has 0 heterocycles. The lowest BCUT2D eigenvalue weighted by Crippen LogP contribution is -2.29. The van der Waals surface area contributed by atoms with Crippen LogP contribution in [0.2, 0.25) is 0 Å². The van der Waals surface area contributed by atoms with Crippen molar-refractivity contribution in [2.75, 3.05) is 14.2 Å². The smallest absolute Gasteiger partial charge is 0.131 e. The first-order chi connectivity index (χ1) is 23.0. The summed E-state index contributed by atoms with van der Waals surface area (Å²) in [5, 5.41) is 0. The summed E-state index contributed by atoms with van der Waals surface area (Å²) in [6, 6.07) is 33.5. The highest BCUT2D eigenvalue weighted by atomic mass is 16.5. The molecule has 47 heavy (non-hydrogen) atoms. The van der Waals surface area contributed by atoms with Gasteiger partial charge < -0.3 is 14.2 Å². The maximum Gasteiger partial charge on any atom is 0.131 e. The third-order valence-corrected chi connectivity index (χ3v) is 10.4. The highest BCUT2D eigenvalue weighted by Gasteiger charge is 2.45. The van der Waals surface area contributed by atoms with E-state index in [4.69, 9.17) is 14.2 Å². The van der Waals surface area contributed by atoms with E-state index in [0.717, 1.165) is 72.6 Å². The summed E-state index contributed by atoms with van der Waals surface area (Å²) in [6.45, 7) is 8.59. The molecule has 0 aromatic heterocycles. The first-order valence-corrected chi connectivity index (χ1v) is 16.8. The predicted octanol–water partition coefficient (Wildman–Crippen LogP) is 11.4. The third-order valence-electron chi connectivity index (χ3n) is 10.4. The number of benzene rings is 4. The SMILES string of the molecule is C=CC1CCCC1(C=Cc1ccccc1)c1cc(OC)ccc1Oc1ccc(OC)cc1C1(C=Cc2ccccc2)CCCC1C=C. The molecule has 4 unspecified atom stereocenters. The van der Waals surface area contributed by atoms with Crippen molar-refractivity contribution in [1.82, 2.24) is 0 Å². The number of hydrogen-bond donors (Lipinski definition) is 0. The second-order valence-corrected chi connectivity index (χ2v) is 12.9. The van der Waals surface area contributed by atoms with E-state index >= 15 is 0 Å². The first-order valence-electron chi connectivity index (χ1n) is 16.8. The highest BCUT2D eigenvalue weighted by Crippen LogP contribution is 2.55. The maximum atomic E-state index is 7.16. The number of allylic oxidation sites excluding steroid dienone is 4. The zero-order valence-corrected chi connectivity index (χ0v) is 27.7. The standard InChI is InChI=1S/C44H46O3/c1-5-35-19-13-27-43(35,29-25-33-15-9-7-10-16-33)39-31-37(45-3)21-23-41(39)47-42-24-22-38(46-4)32-40(42)44(28-14-20-36(44)6-2)30-26-34-17-11-8-12-18-34/h5-12,15-18,21-26,29-32,35-36H,1-2,13-14,19-20,27-28H2,3-4H3. The van der Waals surface area contributed by atoms with Gasteiger partial charge in [0.25, 0.3) is 0 Å². The molecule has 2 aliphatic carbocycles. The van der Waals surface area contributed by atoms with Gasteiger partial charge in [0.05, 0.1) is 14.2 Å². The Morgan fingerprint density at radius 2 is 1.02 bits per heavy atom. The summed E-state index contributed by atoms with van der Waals surface area (Å²) in [5.41, 5.74) is 4.00. The Balaban J connectivity index is 1.50. The van der Waals surface area contributed by atoms with E-state index < -0.39 is 0 Å². The molecule has 4 atom stereocenters. The lowest BCUT2D eigenvalue weighted by atomic mass is 9.70. The molecule has 0 aliphatic heterocycles. The van der Waals surface area contributed by atoms with Gasteiger partial charge in [-0.15, -0.1) is 13.2 Å². The average molecular weight is 623 g/mol. The lowest BCUT2D eigenvalue weighted by molar-refractivity contribution is 0.383. The Bertz CT molecular complexity index is 1610. The van der Waals surface area contributed by atoms with Crippen LogP contribution in [-0.2, 0) is 10.8 Å². The van der Waals surface area contributed by atoms with Gasteiger partial charge in [0.1, 0.15) is 23.0 Å². The minimum absolute atomic E-state index is 0.257. The van der Waals surface area contributed by atoms with Crippen LogP contribution in [0.15, 0.2) is 135 Å². The third kappa shape index (κ3) is 6.45. The van der Waals surface area contributed by atoms with E-state index in [1.807, 2.05) is 12.1 Å². The summed E-state index contributed by atoms with van der Waals surface area (Å²) >= 11 is 0. The zero-order chi connectivity index (χ0) is 32.7. The van der Waals surface area contributed by atoms with Crippen LogP contribution in [0.25, 0.3) is 12.2 Å². The van der Waals surface area contributed by atoms with Crippen molar-refractivity contribution in [3.05, 3.63) is 157 Å². The molecule has 0 spiro atoms. The molecule has 4 aromatic carbocycles. The molecule has 0 amide bonds. The quantitative estimate of drug-likeness (QED) is 0.147. The van der Waals surface area contributed by atoms with Gasteiger partial charge in [-0.2, -0.15) is 0 Å². The van der Waals surface area contributed by atoms with Gasteiger partial charge in [0.2, 0.25) is 0 Å². The zero-order valence-electron chi connectivity index (χ0n) is 27.7. The van der Waals surface area contributed by atoms with Crippen LogP contribution in [0, 0.1) is 11.8 Å². The Labute approximate surface area is 280 Å². The van der Waals surface area contributed by atoms with Crippen LogP contribution in [-0.4, -0.2) is 14.2 Å². The Morgan fingerprint density at radius 3 is 1.40 bits per heavy atom. The second kappa shape index (κ2) is 14.3. The first kappa shape index (κ1) is 32.2. The Kier molecular flexibility index (Phi) is 9.82. The maximum absolute atomic E-state index is 7.16. The minimum atomic E-state index is -0.296. The fourth-order valence-corrected chi connectivity index (χ4v) is 7.95. The van der Waals surface area contributed by atoms with E-state index in [9.17, 15) is 0 Å². The fraction of sp³-hybridized carbons (Fsp3) is 0.273. The van der Waals surface area contributed by atoms with Crippen molar-refractivity contribution >= 4 is 12.2 Å². The van der Waals surface area contributed by atoms with Crippen LogP contribution in [0.1, 0.15) is 60.8 Å². The molecule has 2 aliphatic rings. The molecule has 240 valence electrons. The van der Waals surface area contributed by atoms with Crippen molar-refractivity contribution in [2.45, 2.75) is 49.4 Å². The molecular weight excluding hydrogens is 576 g/mol. The molecule has 2 fully saturated rings. The fourth-order valence-electron chi connectivity index (χ4n) is 7.95. The molecule has 0 saturated heterocycles. The van der Waals surface area contributed by atoms with E-state index in [0.29, 0.717) is 0 Å². The van der Waals surface area contributed by atoms with Gasteiger partial charge in [0.15, 0.2) is 0 Å². The molecular formula is C44H46O3. The largest absolute Gasteiger partial charge is 0.497 e. The van der Waals surface area contributed by atoms with Crippen LogP contribution in [0.4, 0.5) is 0 Å². The molecule has 2 saturated carbocycles. The molecule has 3 heteroatoms. The number of ether oxygens (including phenoxy) is 3. The molecule has 0 bridgehead atoms. The van der Waals surface area contributed by atoms with Crippen molar-refractivity contribution < 1.29 is 14.2 Å². The van der Waals surface area contributed by atoms with Gasteiger partial charge in [0, 0.05) is 22.0 Å². The summed E-state index contributed by atoms with van der Waals surface area (Å²) in [6.07, 6.45) is 19.9. The Hall–Kier alpha value is -4.76.